The minimum absolute atomic E-state index is 0.0786. The number of hydrogen-bond acceptors (Lipinski definition) is 5. The zero-order valence-corrected chi connectivity index (χ0v) is 19.7. The number of carbonyl (C=O) groups is 3. The summed E-state index contributed by atoms with van der Waals surface area (Å²) in [6.07, 6.45) is 1.10. The Morgan fingerprint density at radius 2 is 1.79 bits per heavy atom. The third kappa shape index (κ3) is 5.43. The van der Waals surface area contributed by atoms with E-state index in [1.54, 1.807) is 61.5 Å². The first-order chi connectivity index (χ1) is 16.3. The smallest absolute Gasteiger partial charge is 0.323 e. The summed E-state index contributed by atoms with van der Waals surface area (Å²) in [6, 6.07) is 11.0. The first-order valence-corrected chi connectivity index (χ1v) is 11.5. The van der Waals surface area contributed by atoms with Crippen molar-refractivity contribution in [3.8, 4) is 5.75 Å². The molecule has 3 N–H and O–H groups in total. The van der Waals surface area contributed by atoms with E-state index in [2.05, 4.69) is 16.0 Å². The molecule has 0 aromatic heterocycles. The van der Waals surface area contributed by atoms with Crippen molar-refractivity contribution in [3.63, 3.8) is 0 Å². The Balaban J connectivity index is 1.46. The van der Waals surface area contributed by atoms with Gasteiger partial charge in [-0.25, -0.2) is 4.79 Å². The highest BCUT2D eigenvalue weighted by atomic mass is 35.5. The number of anilines is 2. The second kappa shape index (κ2) is 10.3. The van der Waals surface area contributed by atoms with Gasteiger partial charge >= 0.3 is 6.03 Å². The zero-order valence-electron chi connectivity index (χ0n) is 19.0. The highest BCUT2D eigenvalue weighted by molar-refractivity contribution is 6.30. The lowest BCUT2D eigenvalue weighted by molar-refractivity contribution is -0.133. The molecule has 0 spiro atoms. The van der Waals surface area contributed by atoms with E-state index in [9.17, 15) is 14.4 Å². The van der Waals surface area contributed by atoms with Gasteiger partial charge in [0.05, 0.1) is 24.1 Å². The summed E-state index contributed by atoms with van der Waals surface area (Å²) in [6.45, 7) is 0.253. The number of urea groups is 1. The summed E-state index contributed by atoms with van der Waals surface area (Å²) in [7, 11) is 3.34. The van der Waals surface area contributed by atoms with Gasteiger partial charge in [-0.15, -0.1) is 0 Å². The largest absolute Gasteiger partial charge is 0.490 e. The standard InChI is InChI=1S/C24H27ClN4O5/c1-26-22(30)12-17-8-9-19-21(34-17)13-33-20-10-7-16(11-18(20)23(31)29(19)2)28-24(32)27-15-5-3-14(25)4-6-15/h3-7,10-11,17,19,21H,8-9,12-13H2,1-2H3,(H,26,30)(H2,27,28,32)/t17-,19-,21-/m0/s1. The number of nitrogens with one attached hydrogen (secondary N) is 3. The van der Waals surface area contributed by atoms with Crippen molar-refractivity contribution in [3.05, 3.63) is 53.1 Å². The molecule has 34 heavy (non-hydrogen) atoms. The first kappa shape index (κ1) is 23.8. The van der Waals surface area contributed by atoms with Crippen LogP contribution < -0.4 is 20.7 Å². The molecule has 4 amide bonds. The van der Waals surface area contributed by atoms with E-state index in [0.717, 1.165) is 0 Å². The van der Waals surface area contributed by atoms with Crippen molar-refractivity contribution < 1.29 is 23.9 Å². The number of carbonyl (C=O) groups excluding carboxylic acids is 3. The van der Waals surface area contributed by atoms with Crippen LogP contribution in [0.3, 0.4) is 0 Å². The van der Waals surface area contributed by atoms with Crippen LogP contribution in [-0.2, 0) is 9.53 Å². The fraction of sp³-hybridized carbons (Fsp3) is 0.375. The molecule has 3 atom stereocenters. The van der Waals surface area contributed by atoms with Crippen molar-refractivity contribution >= 4 is 40.8 Å². The van der Waals surface area contributed by atoms with Crippen LogP contribution in [0.4, 0.5) is 16.2 Å². The number of amides is 4. The van der Waals surface area contributed by atoms with Gasteiger partial charge in [0.1, 0.15) is 18.5 Å². The Bertz CT molecular complexity index is 1080. The Kier molecular flexibility index (Phi) is 7.23. The molecule has 0 unspecified atom stereocenters. The van der Waals surface area contributed by atoms with Gasteiger partial charge < -0.3 is 30.3 Å². The van der Waals surface area contributed by atoms with Crippen molar-refractivity contribution in [2.75, 3.05) is 31.3 Å². The molecule has 4 rings (SSSR count). The van der Waals surface area contributed by atoms with Crippen LogP contribution >= 0.6 is 11.6 Å². The molecule has 2 heterocycles. The van der Waals surface area contributed by atoms with Crippen LogP contribution in [0.1, 0.15) is 29.6 Å². The van der Waals surface area contributed by atoms with Crippen molar-refractivity contribution in [2.24, 2.45) is 0 Å². The van der Waals surface area contributed by atoms with Crippen LogP contribution in [0.15, 0.2) is 42.5 Å². The van der Waals surface area contributed by atoms with Crippen LogP contribution in [0.5, 0.6) is 5.75 Å². The van der Waals surface area contributed by atoms with E-state index >= 15 is 0 Å². The fourth-order valence-electron chi connectivity index (χ4n) is 4.24. The number of benzene rings is 2. The van der Waals surface area contributed by atoms with Crippen LogP contribution in [-0.4, -0.2) is 61.7 Å². The van der Waals surface area contributed by atoms with Crippen molar-refractivity contribution in [1.82, 2.24) is 10.2 Å². The van der Waals surface area contributed by atoms with E-state index in [1.165, 1.54) is 0 Å². The summed E-state index contributed by atoms with van der Waals surface area (Å²) in [5.74, 6) is 0.112. The maximum absolute atomic E-state index is 13.3. The monoisotopic (exact) mass is 486 g/mol. The zero-order chi connectivity index (χ0) is 24.2. The van der Waals surface area contributed by atoms with Gasteiger partial charge in [-0.1, -0.05) is 11.6 Å². The number of nitrogens with zero attached hydrogens (tertiary/aromatic N) is 1. The number of rotatable bonds is 4. The first-order valence-electron chi connectivity index (χ1n) is 11.1. The number of hydrogen-bond donors (Lipinski definition) is 3. The summed E-state index contributed by atoms with van der Waals surface area (Å²) in [5.41, 5.74) is 1.40. The van der Waals surface area contributed by atoms with E-state index in [4.69, 9.17) is 21.1 Å². The molecule has 9 nitrogen and oxygen atoms in total. The highest BCUT2D eigenvalue weighted by Crippen LogP contribution is 2.32. The quantitative estimate of drug-likeness (QED) is 0.613. The molecule has 2 aromatic rings. The van der Waals surface area contributed by atoms with Crippen LogP contribution in [0.2, 0.25) is 5.02 Å². The van der Waals surface area contributed by atoms with Gasteiger partial charge in [-0.3, -0.25) is 9.59 Å². The summed E-state index contributed by atoms with van der Waals surface area (Å²) in [5, 5.41) is 8.65. The third-order valence-corrected chi connectivity index (χ3v) is 6.32. The molecular weight excluding hydrogens is 460 g/mol. The summed E-state index contributed by atoms with van der Waals surface area (Å²) < 4.78 is 12.1. The summed E-state index contributed by atoms with van der Waals surface area (Å²) >= 11 is 5.87. The second-order valence-electron chi connectivity index (χ2n) is 8.34. The minimum atomic E-state index is -0.447. The highest BCUT2D eigenvalue weighted by Gasteiger charge is 2.39. The van der Waals surface area contributed by atoms with Crippen LogP contribution in [0, 0.1) is 0 Å². The second-order valence-corrected chi connectivity index (χ2v) is 8.78. The number of likely N-dealkylation sites (N-methyl/N-ethyl adjacent to an activating group) is 1. The molecular formula is C24H27ClN4O5. The van der Waals surface area contributed by atoms with E-state index in [-0.39, 0.29) is 43.1 Å². The maximum Gasteiger partial charge on any atom is 0.323 e. The molecule has 180 valence electrons. The molecule has 0 saturated carbocycles. The van der Waals surface area contributed by atoms with E-state index in [1.807, 2.05) is 0 Å². The molecule has 2 aliphatic heterocycles. The van der Waals surface area contributed by atoms with Crippen LogP contribution in [0.25, 0.3) is 0 Å². The Morgan fingerprint density at radius 3 is 2.53 bits per heavy atom. The van der Waals surface area contributed by atoms with Gasteiger partial charge in [-0.05, 0) is 55.3 Å². The number of halogens is 1. The number of fused-ring (bicyclic) bond motifs is 2. The molecule has 2 aromatic carbocycles. The molecule has 0 aliphatic carbocycles. The molecule has 1 fully saturated rings. The van der Waals surface area contributed by atoms with Crippen molar-refractivity contribution in [2.45, 2.75) is 37.5 Å². The fourth-order valence-corrected chi connectivity index (χ4v) is 4.37. The SMILES string of the molecule is CNC(=O)C[C@@H]1CC[C@H]2[C@H](COc3ccc(NC(=O)Nc4ccc(Cl)cc4)cc3C(=O)N2C)O1. The maximum atomic E-state index is 13.3. The summed E-state index contributed by atoms with van der Waals surface area (Å²) in [4.78, 5) is 39.1. The number of ether oxygens (including phenoxy) is 2. The average molecular weight is 487 g/mol. The van der Waals surface area contributed by atoms with E-state index < -0.39 is 6.03 Å². The van der Waals surface area contributed by atoms with Crippen molar-refractivity contribution in [1.29, 1.82) is 0 Å². The van der Waals surface area contributed by atoms with Gasteiger partial charge in [0.15, 0.2) is 0 Å². The lowest BCUT2D eigenvalue weighted by Gasteiger charge is -2.42. The lowest BCUT2D eigenvalue weighted by Crippen LogP contribution is -2.53. The predicted molar refractivity (Wildman–Crippen MR) is 128 cm³/mol. The normalized spacial score (nSPS) is 21.8. The van der Waals surface area contributed by atoms with Gasteiger partial charge in [-0.2, -0.15) is 0 Å². The Labute approximate surface area is 202 Å². The van der Waals surface area contributed by atoms with Gasteiger partial charge in [0.25, 0.3) is 5.91 Å². The lowest BCUT2D eigenvalue weighted by atomic mass is 9.94. The molecule has 2 aliphatic rings. The predicted octanol–water partition coefficient (Wildman–Crippen LogP) is 3.50. The van der Waals surface area contributed by atoms with Gasteiger partial charge in [0.2, 0.25) is 5.91 Å². The molecule has 1 saturated heterocycles. The molecule has 10 heteroatoms. The molecule has 0 radical (unpaired) electrons. The minimum Gasteiger partial charge on any atom is -0.490 e. The van der Waals surface area contributed by atoms with E-state index in [0.29, 0.717) is 40.6 Å². The topological polar surface area (TPSA) is 109 Å². The van der Waals surface area contributed by atoms with Gasteiger partial charge in [0, 0.05) is 30.5 Å². The Morgan fingerprint density at radius 1 is 1.09 bits per heavy atom. The molecule has 0 bridgehead atoms. The average Bonchev–Trinajstić information content (AvgIpc) is 2.83. The third-order valence-electron chi connectivity index (χ3n) is 6.06. The Hall–Kier alpha value is -3.30.